The maximum absolute atomic E-state index is 11.9. The second-order valence-electron chi connectivity index (χ2n) is 4.94. The third-order valence-corrected chi connectivity index (χ3v) is 4.44. The lowest BCUT2D eigenvalue weighted by Gasteiger charge is -2.08. The standard InChI is InChI=1S/C14H18N2O3S/c15-9-13-3-1-2-4-14(13)11-20(17,18)16-7-8-19-10-12-5-6-12/h1-4,12,16H,5-8,10-11H2. The Morgan fingerprint density at radius 1 is 1.35 bits per heavy atom. The van der Waals surface area contributed by atoms with Gasteiger partial charge in [0.25, 0.3) is 0 Å². The summed E-state index contributed by atoms with van der Waals surface area (Å²) < 4.78 is 31.7. The van der Waals surface area contributed by atoms with Crippen molar-refractivity contribution >= 4 is 10.0 Å². The van der Waals surface area contributed by atoms with Gasteiger partial charge in [-0.2, -0.15) is 5.26 Å². The molecule has 0 amide bonds. The van der Waals surface area contributed by atoms with Gasteiger partial charge in [0.2, 0.25) is 10.0 Å². The minimum atomic E-state index is -3.43. The number of ether oxygens (including phenoxy) is 1. The van der Waals surface area contributed by atoms with Gasteiger partial charge in [0.05, 0.1) is 24.0 Å². The van der Waals surface area contributed by atoms with Gasteiger partial charge in [-0.3, -0.25) is 0 Å². The Hall–Kier alpha value is -1.42. The number of hydrogen-bond donors (Lipinski definition) is 1. The molecule has 1 fully saturated rings. The Morgan fingerprint density at radius 3 is 2.80 bits per heavy atom. The third-order valence-electron chi connectivity index (χ3n) is 3.10. The van der Waals surface area contributed by atoms with Crippen LogP contribution in [0.4, 0.5) is 0 Å². The number of sulfonamides is 1. The lowest BCUT2D eigenvalue weighted by atomic mass is 10.1. The van der Waals surface area contributed by atoms with Crippen molar-refractivity contribution < 1.29 is 13.2 Å². The number of nitrogens with one attached hydrogen (secondary N) is 1. The van der Waals surface area contributed by atoms with Gasteiger partial charge in [-0.15, -0.1) is 0 Å². The molecule has 0 aromatic heterocycles. The predicted octanol–water partition coefficient (Wildman–Crippen LogP) is 1.40. The molecule has 0 atom stereocenters. The Bertz CT molecular complexity index is 589. The van der Waals surface area contributed by atoms with Gasteiger partial charge in [-0.05, 0) is 30.4 Å². The van der Waals surface area contributed by atoms with Crippen molar-refractivity contribution in [2.45, 2.75) is 18.6 Å². The van der Waals surface area contributed by atoms with Crippen LogP contribution in [0.25, 0.3) is 0 Å². The van der Waals surface area contributed by atoms with E-state index in [1.807, 2.05) is 6.07 Å². The highest BCUT2D eigenvalue weighted by Crippen LogP contribution is 2.28. The van der Waals surface area contributed by atoms with E-state index in [9.17, 15) is 8.42 Å². The average molecular weight is 294 g/mol. The molecule has 0 saturated heterocycles. The molecule has 1 aliphatic carbocycles. The van der Waals surface area contributed by atoms with E-state index < -0.39 is 10.0 Å². The molecule has 0 heterocycles. The SMILES string of the molecule is N#Cc1ccccc1CS(=O)(=O)NCCOCC1CC1. The fraction of sp³-hybridized carbons (Fsp3) is 0.500. The normalized spacial score (nSPS) is 14.9. The molecule has 1 saturated carbocycles. The second-order valence-corrected chi connectivity index (χ2v) is 6.75. The smallest absolute Gasteiger partial charge is 0.215 e. The van der Waals surface area contributed by atoms with E-state index in [2.05, 4.69) is 4.72 Å². The molecular formula is C14H18N2O3S. The first kappa shape index (κ1) is 15.0. The van der Waals surface area contributed by atoms with E-state index in [0.717, 1.165) is 6.61 Å². The molecule has 20 heavy (non-hydrogen) atoms. The van der Waals surface area contributed by atoms with E-state index in [0.29, 0.717) is 23.7 Å². The maximum Gasteiger partial charge on any atom is 0.215 e. The Kier molecular flexibility index (Phi) is 5.12. The van der Waals surface area contributed by atoms with Crippen LogP contribution in [-0.2, 0) is 20.5 Å². The molecule has 6 heteroatoms. The highest BCUT2D eigenvalue weighted by atomic mass is 32.2. The molecule has 1 aromatic carbocycles. The molecule has 1 aliphatic rings. The van der Waals surface area contributed by atoms with Crippen LogP contribution in [0.15, 0.2) is 24.3 Å². The first-order chi connectivity index (χ1) is 9.61. The summed E-state index contributed by atoms with van der Waals surface area (Å²) in [6, 6.07) is 8.71. The van der Waals surface area contributed by atoms with Crippen LogP contribution in [0, 0.1) is 17.2 Å². The molecule has 5 nitrogen and oxygen atoms in total. The number of nitriles is 1. The average Bonchev–Trinajstić information content (AvgIpc) is 3.22. The first-order valence-corrected chi connectivity index (χ1v) is 8.29. The zero-order valence-electron chi connectivity index (χ0n) is 11.2. The summed E-state index contributed by atoms with van der Waals surface area (Å²) in [4.78, 5) is 0. The number of nitrogens with zero attached hydrogens (tertiary/aromatic N) is 1. The number of rotatable bonds is 8. The van der Waals surface area contributed by atoms with Crippen molar-refractivity contribution in [3.8, 4) is 6.07 Å². The van der Waals surface area contributed by atoms with Crippen molar-refractivity contribution in [3.63, 3.8) is 0 Å². The van der Waals surface area contributed by atoms with E-state index in [1.54, 1.807) is 24.3 Å². The summed E-state index contributed by atoms with van der Waals surface area (Å²) in [5, 5.41) is 8.93. The van der Waals surface area contributed by atoms with Gasteiger partial charge in [0.1, 0.15) is 0 Å². The fourth-order valence-corrected chi connectivity index (χ4v) is 2.97. The summed E-state index contributed by atoms with van der Waals surface area (Å²) in [5.74, 6) is 0.494. The maximum atomic E-state index is 11.9. The van der Waals surface area contributed by atoms with Crippen molar-refractivity contribution in [2.75, 3.05) is 19.8 Å². The van der Waals surface area contributed by atoms with Crippen LogP contribution in [0.1, 0.15) is 24.0 Å². The van der Waals surface area contributed by atoms with Crippen LogP contribution in [-0.4, -0.2) is 28.2 Å². The van der Waals surface area contributed by atoms with Crippen LogP contribution in [0.3, 0.4) is 0 Å². The van der Waals surface area contributed by atoms with Gasteiger partial charge in [0, 0.05) is 13.2 Å². The molecule has 0 aliphatic heterocycles. The number of benzene rings is 1. The molecular weight excluding hydrogens is 276 g/mol. The molecule has 1 N–H and O–H groups in total. The molecule has 108 valence electrons. The zero-order valence-corrected chi connectivity index (χ0v) is 12.0. The van der Waals surface area contributed by atoms with Crippen LogP contribution < -0.4 is 4.72 Å². The fourth-order valence-electron chi connectivity index (χ4n) is 1.81. The highest BCUT2D eigenvalue weighted by molar-refractivity contribution is 7.88. The minimum Gasteiger partial charge on any atom is -0.380 e. The lowest BCUT2D eigenvalue weighted by molar-refractivity contribution is 0.129. The minimum absolute atomic E-state index is 0.181. The van der Waals surface area contributed by atoms with E-state index in [1.165, 1.54) is 12.8 Å². The van der Waals surface area contributed by atoms with Crippen molar-refractivity contribution in [2.24, 2.45) is 5.92 Å². The Labute approximate surface area is 119 Å². The Morgan fingerprint density at radius 2 is 2.10 bits per heavy atom. The molecule has 2 rings (SSSR count). The van der Waals surface area contributed by atoms with E-state index in [-0.39, 0.29) is 12.3 Å². The van der Waals surface area contributed by atoms with Gasteiger partial charge >= 0.3 is 0 Å². The summed E-state index contributed by atoms with van der Waals surface area (Å²) in [5.41, 5.74) is 0.907. The van der Waals surface area contributed by atoms with Crippen LogP contribution >= 0.6 is 0 Å². The number of hydrogen-bond acceptors (Lipinski definition) is 4. The molecule has 0 bridgehead atoms. The van der Waals surface area contributed by atoms with Crippen LogP contribution in [0.2, 0.25) is 0 Å². The summed E-state index contributed by atoms with van der Waals surface area (Å²) in [7, 11) is -3.43. The largest absolute Gasteiger partial charge is 0.380 e. The van der Waals surface area contributed by atoms with Gasteiger partial charge in [-0.1, -0.05) is 18.2 Å². The van der Waals surface area contributed by atoms with Gasteiger partial charge in [0.15, 0.2) is 0 Å². The van der Waals surface area contributed by atoms with Crippen LogP contribution in [0.5, 0.6) is 0 Å². The topological polar surface area (TPSA) is 79.2 Å². The predicted molar refractivity (Wildman–Crippen MR) is 75.3 cm³/mol. The molecule has 0 radical (unpaired) electrons. The molecule has 0 unspecified atom stereocenters. The first-order valence-electron chi connectivity index (χ1n) is 6.64. The van der Waals surface area contributed by atoms with E-state index >= 15 is 0 Å². The quantitative estimate of drug-likeness (QED) is 0.735. The molecule has 1 aromatic rings. The lowest BCUT2D eigenvalue weighted by Crippen LogP contribution is -2.29. The summed E-state index contributed by atoms with van der Waals surface area (Å²) >= 11 is 0. The highest BCUT2D eigenvalue weighted by Gasteiger charge is 2.21. The third kappa shape index (κ3) is 4.93. The van der Waals surface area contributed by atoms with Crippen molar-refractivity contribution in [1.29, 1.82) is 5.26 Å². The zero-order chi connectivity index (χ0) is 14.4. The summed E-state index contributed by atoms with van der Waals surface area (Å²) in [6.07, 6.45) is 2.44. The van der Waals surface area contributed by atoms with Crippen molar-refractivity contribution in [3.05, 3.63) is 35.4 Å². The summed E-state index contributed by atoms with van der Waals surface area (Å²) in [6.45, 7) is 1.37. The molecule has 0 spiro atoms. The van der Waals surface area contributed by atoms with Crippen molar-refractivity contribution in [1.82, 2.24) is 4.72 Å². The van der Waals surface area contributed by atoms with Gasteiger partial charge < -0.3 is 4.74 Å². The monoisotopic (exact) mass is 294 g/mol. The van der Waals surface area contributed by atoms with E-state index in [4.69, 9.17) is 10.00 Å². The second kappa shape index (κ2) is 6.84. The Balaban J connectivity index is 1.79. The van der Waals surface area contributed by atoms with Gasteiger partial charge in [-0.25, -0.2) is 13.1 Å².